The molecule has 0 spiro atoms. The van der Waals surface area contributed by atoms with Gasteiger partial charge in [0.15, 0.2) is 0 Å². The van der Waals surface area contributed by atoms with Crippen LogP contribution in [0.1, 0.15) is 32.1 Å². The Labute approximate surface area is 171 Å². The summed E-state index contributed by atoms with van der Waals surface area (Å²) in [6.07, 6.45) is 2.81. The maximum atomic E-state index is 12.8. The largest absolute Gasteiger partial charge is 0.465 e. The van der Waals surface area contributed by atoms with Gasteiger partial charge in [-0.05, 0) is 49.8 Å². The van der Waals surface area contributed by atoms with Crippen LogP contribution >= 0.6 is 0 Å². The van der Waals surface area contributed by atoms with Gasteiger partial charge in [0.05, 0.1) is 9.79 Å². The van der Waals surface area contributed by atoms with Crippen LogP contribution in [0.3, 0.4) is 0 Å². The molecule has 0 aliphatic carbocycles. The van der Waals surface area contributed by atoms with E-state index >= 15 is 0 Å². The van der Waals surface area contributed by atoms with Gasteiger partial charge in [-0.1, -0.05) is 12.5 Å². The third kappa shape index (κ3) is 5.27. The Balaban J connectivity index is 1.67. The number of nitrogens with zero attached hydrogens (tertiary/aromatic N) is 2. The minimum absolute atomic E-state index is 0.0166. The van der Waals surface area contributed by atoms with E-state index in [1.54, 1.807) is 0 Å². The minimum atomic E-state index is -3.87. The van der Waals surface area contributed by atoms with Gasteiger partial charge in [0, 0.05) is 32.7 Å². The van der Waals surface area contributed by atoms with E-state index in [-0.39, 0.29) is 22.3 Å². The fourth-order valence-corrected chi connectivity index (χ4v) is 6.50. The highest BCUT2D eigenvalue weighted by atomic mass is 32.2. The molecule has 2 aliphatic rings. The highest BCUT2D eigenvalue weighted by molar-refractivity contribution is 7.90. The predicted molar refractivity (Wildman–Crippen MR) is 107 cm³/mol. The second-order valence-corrected chi connectivity index (χ2v) is 11.2. The molecule has 2 aliphatic heterocycles. The van der Waals surface area contributed by atoms with E-state index in [0.717, 1.165) is 19.3 Å². The first-order valence-corrected chi connectivity index (χ1v) is 12.7. The van der Waals surface area contributed by atoms with E-state index in [4.69, 9.17) is 5.11 Å². The fraction of sp³-hybridized carbons (Fsp3) is 0.611. The summed E-state index contributed by atoms with van der Waals surface area (Å²) in [6, 6.07) is 5.45. The van der Waals surface area contributed by atoms with Crippen LogP contribution in [0.4, 0.5) is 4.79 Å². The normalized spacial score (nSPS) is 19.9. The summed E-state index contributed by atoms with van der Waals surface area (Å²) in [7, 11) is -7.58. The molecule has 0 unspecified atom stereocenters. The average Bonchev–Trinajstić information content (AvgIpc) is 2.73. The zero-order valence-electron chi connectivity index (χ0n) is 16.2. The number of sulfonamides is 2. The number of benzene rings is 1. The Kier molecular flexibility index (Phi) is 6.82. The summed E-state index contributed by atoms with van der Waals surface area (Å²) in [4.78, 5) is 12.2. The van der Waals surface area contributed by atoms with Crippen molar-refractivity contribution in [3.05, 3.63) is 24.3 Å². The molecule has 1 aromatic rings. The summed E-state index contributed by atoms with van der Waals surface area (Å²) in [5.41, 5.74) is 0. The highest BCUT2D eigenvalue weighted by Gasteiger charge is 2.28. The molecule has 2 fully saturated rings. The van der Waals surface area contributed by atoms with Gasteiger partial charge >= 0.3 is 6.09 Å². The molecule has 0 aromatic heterocycles. The second-order valence-electron chi connectivity index (χ2n) is 7.50. The summed E-state index contributed by atoms with van der Waals surface area (Å²) < 4.78 is 54.9. The second kappa shape index (κ2) is 8.99. The van der Waals surface area contributed by atoms with Crippen molar-refractivity contribution >= 4 is 26.1 Å². The van der Waals surface area contributed by atoms with E-state index in [2.05, 4.69) is 4.72 Å². The predicted octanol–water partition coefficient (Wildman–Crippen LogP) is 1.53. The molecule has 9 nitrogen and oxygen atoms in total. The van der Waals surface area contributed by atoms with E-state index in [9.17, 15) is 21.6 Å². The van der Waals surface area contributed by atoms with Crippen LogP contribution in [-0.4, -0.2) is 70.0 Å². The van der Waals surface area contributed by atoms with Gasteiger partial charge in [0.1, 0.15) is 0 Å². The number of likely N-dealkylation sites (tertiary alicyclic amines) is 1. The van der Waals surface area contributed by atoms with Gasteiger partial charge in [0.25, 0.3) is 0 Å². The molecule has 162 valence electrons. The highest BCUT2D eigenvalue weighted by Crippen LogP contribution is 2.23. The lowest BCUT2D eigenvalue weighted by molar-refractivity contribution is 0.125. The van der Waals surface area contributed by atoms with E-state index < -0.39 is 26.1 Å². The number of nitrogens with one attached hydrogen (secondary N) is 1. The lowest BCUT2D eigenvalue weighted by Gasteiger charge is -2.30. The molecule has 1 amide bonds. The van der Waals surface area contributed by atoms with Crippen molar-refractivity contribution in [2.45, 2.75) is 41.9 Å². The molecule has 0 radical (unpaired) electrons. The number of carbonyl (C=O) groups is 1. The van der Waals surface area contributed by atoms with Crippen molar-refractivity contribution < 1.29 is 26.7 Å². The smallest absolute Gasteiger partial charge is 0.407 e. The van der Waals surface area contributed by atoms with Gasteiger partial charge in [-0.25, -0.2) is 26.4 Å². The first-order chi connectivity index (χ1) is 13.7. The van der Waals surface area contributed by atoms with Crippen LogP contribution < -0.4 is 4.72 Å². The summed E-state index contributed by atoms with van der Waals surface area (Å²) >= 11 is 0. The molecular weight excluding hydrogens is 418 g/mol. The Bertz CT molecular complexity index is 934. The van der Waals surface area contributed by atoms with Crippen molar-refractivity contribution in [2.24, 2.45) is 5.92 Å². The first kappa shape index (κ1) is 22.0. The Morgan fingerprint density at radius 3 is 2.24 bits per heavy atom. The molecular formula is C18H27N3O6S2. The standard InChI is InChI=1S/C18H27N3O6S2/c22-18(23)20-11-7-15(8-12-20)14-19-28(24,25)16-5-4-6-17(13-16)29(26,27)21-9-2-1-3-10-21/h4-6,13,15,19H,1-3,7-12,14H2,(H,22,23). The third-order valence-corrected chi connectivity index (χ3v) is 8.83. The summed E-state index contributed by atoms with van der Waals surface area (Å²) in [6.45, 7) is 1.86. The van der Waals surface area contributed by atoms with Crippen LogP contribution in [0.2, 0.25) is 0 Å². The number of piperidine rings is 2. The first-order valence-electron chi connectivity index (χ1n) is 9.78. The fourth-order valence-electron chi connectivity index (χ4n) is 3.70. The van der Waals surface area contributed by atoms with Crippen LogP contribution in [0.5, 0.6) is 0 Å². The monoisotopic (exact) mass is 445 g/mol. The molecule has 2 heterocycles. The maximum absolute atomic E-state index is 12.8. The summed E-state index contributed by atoms with van der Waals surface area (Å²) in [5, 5.41) is 8.98. The van der Waals surface area contributed by atoms with Crippen molar-refractivity contribution in [1.29, 1.82) is 0 Å². The topological polar surface area (TPSA) is 124 Å². The molecule has 3 rings (SSSR count). The summed E-state index contributed by atoms with van der Waals surface area (Å²) in [5.74, 6) is 0.0423. The van der Waals surface area contributed by atoms with Gasteiger partial charge in [-0.15, -0.1) is 0 Å². The number of amides is 1. The third-order valence-electron chi connectivity index (χ3n) is 5.52. The van der Waals surface area contributed by atoms with Crippen LogP contribution in [0.25, 0.3) is 0 Å². The van der Waals surface area contributed by atoms with Crippen molar-refractivity contribution in [3.8, 4) is 0 Å². The quantitative estimate of drug-likeness (QED) is 0.684. The van der Waals surface area contributed by atoms with Crippen molar-refractivity contribution in [1.82, 2.24) is 13.9 Å². The molecule has 0 saturated carbocycles. The van der Waals surface area contributed by atoms with Crippen LogP contribution in [0, 0.1) is 5.92 Å². The lowest BCUT2D eigenvalue weighted by Crippen LogP contribution is -2.40. The van der Waals surface area contributed by atoms with Gasteiger partial charge in [-0.2, -0.15) is 4.31 Å². The van der Waals surface area contributed by atoms with Crippen LogP contribution in [-0.2, 0) is 20.0 Å². The number of carboxylic acid groups (broad SMARTS) is 1. The average molecular weight is 446 g/mol. The molecule has 11 heteroatoms. The SMILES string of the molecule is O=C(O)N1CCC(CNS(=O)(=O)c2cccc(S(=O)(=O)N3CCCCC3)c2)CC1. The van der Waals surface area contributed by atoms with E-state index in [1.807, 2.05) is 0 Å². The molecule has 29 heavy (non-hydrogen) atoms. The molecule has 0 atom stereocenters. The van der Waals surface area contributed by atoms with Gasteiger partial charge in [-0.3, -0.25) is 0 Å². The molecule has 1 aromatic carbocycles. The zero-order valence-corrected chi connectivity index (χ0v) is 17.8. The molecule has 2 saturated heterocycles. The Hall–Kier alpha value is -1.69. The maximum Gasteiger partial charge on any atom is 0.407 e. The van der Waals surface area contributed by atoms with Gasteiger partial charge < -0.3 is 10.0 Å². The Morgan fingerprint density at radius 1 is 1.00 bits per heavy atom. The minimum Gasteiger partial charge on any atom is -0.465 e. The lowest BCUT2D eigenvalue weighted by atomic mass is 9.97. The van der Waals surface area contributed by atoms with E-state index in [0.29, 0.717) is 39.0 Å². The van der Waals surface area contributed by atoms with Crippen molar-refractivity contribution in [2.75, 3.05) is 32.7 Å². The zero-order chi connectivity index (χ0) is 21.1. The van der Waals surface area contributed by atoms with Crippen LogP contribution in [0.15, 0.2) is 34.1 Å². The van der Waals surface area contributed by atoms with Gasteiger partial charge in [0.2, 0.25) is 20.0 Å². The number of hydrogen-bond acceptors (Lipinski definition) is 5. The molecule has 0 bridgehead atoms. The number of rotatable bonds is 6. The van der Waals surface area contributed by atoms with E-state index in [1.165, 1.54) is 33.5 Å². The molecule has 2 N–H and O–H groups in total. The van der Waals surface area contributed by atoms with Crippen molar-refractivity contribution in [3.63, 3.8) is 0 Å². The number of hydrogen-bond donors (Lipinski definition) is 2. The Morgan fingerprint density at radius 2 is 1.62 bits per heavy atom.